The number of rotatable bonds is 5. The van der Waals surface area contributed by atoms with Crippen LogP contribution >= 0.6 is 11.3 Å². The molecule has 0 aliphatic carbocycles. The Balaban J connectivity index is 1.99. The molecule has 102 valence electrons. The zero-order valence-corrected chi connectivity index (χ0v) is 12.9. The summed E-state index contributed by atoms with van der Waals surface area (Å²) in [5, 5.41) is 0. The third-order valence-corrected chi connectivity index (χ3v) is 4.31. The van der Waals surface area contributed by atoms with E-state index in [1.807, 2.05) is 5.51 Å². The molecule has 0 radical (unpaired) electrons. The van der Waals surface area contributed by atoms with E-state index in [9.17, 15) is 0 Å². The van der Waals surface area contributed by atoms with Crippen LogP contribution in [0.1, 0.15) is 41.5 Å². The maximum absolute atomic E-state index is 5.93. The van der Waals surface area contributed by atoms with E-state index in [1.165, 1.54) is 16.0 Å². The molecule has 0 saturated heterocycles. The van der Waals surface area contributed by atoms with Crippen LogP contribution in [0.3, 0.4) is 0 Å². The van der Waals surface area contributed by atoms with Gasteiger partial charge in [-0.2, -0.15) is 0 Å². The number of hydrogen-bond acceptors (Lipinski definition) is 3. The van der Waals surface area contributed by atoms with Crippen LogP contribution in [0.15, 0.2) is 23.7 Å². The van der Waals surface area contributed by atoms with Crippen molar-refractivity contribution < 1.29 is 4.74 Å². The molecule has 0 bridgehead atoms. The first-order valence-corrected chi connectivity index (χ1v) is 7.58. The molecule has 0 amide bonds. The molecular formula is C16H21NOS. The molecule has 0 aliphatic heterocycles. The lowest BCUT2D eigenvalue weighted by atomic mass is 10.0. The highest BCUT2D eigenvalue weighted by Crippen LogP contribution is 2.24. The molecule has 3 heteroatoms. The molecule has 0 fully saturated rings. The summed E-state index contributed by atoms with van der Waals surface area (Å²) in [6.45, 7) is 9.27. The summed E-state index contributed by atoms with van der Waals surface area (Å²) in [6, 6.07) is 6.49. The van der Waals surface area contributed by atoms with Crippen LogP contribution < -0.4 is 4.74 Å². The minimum Gasteiger partial charge on any atom is -0.493 e. The van der Waals surface area contributed by atoms with Crippen LogP contribution in [-0.4, -0.2) is 11.6 Å². The third-order valence-electron chi connectivity index (χ3n) is 3.31. The number of ether oxygens (including phenoxy) is 1. The minimum absolute atomic E-state index is 0.534. The van der Waals surface area contributed by atoms with Crippen molar-refractivity contribution in [3.05, 3.63) is 45.4 Å². The first kappa shape index (κ1) is 14.1. The van der Waals surface area contributed by atoms with Gasteiger partial charge in [0, 0.05) is 11.3 Å². The predicted octanol–water partition coefficient (Wildman–Crippen LogP) is 4.50. The largest absolute Gasteiger partial charge is 0.493 e. The molecule has 0 spiro atoms. The highest BCUT2D eigenvalue weighted by Gasteiger charge is 2.06. The molecule has 0 aliphatic rings. The third kappa shape index (κ3) is 3.57. The van der Waals surface area contributed by atoms with Crippen LogP contribution in [0.25, 0.3) is 0 Å². The number of hydrogen-bond donors (Lipinski definition) is 0. The topological polar surface area (TPSA) is 22.1 Å². The summed E-state index contributed by atoms with van der Waals surface area (Å²) >= 11 is 1.71. The van der Waals surface area contributed by atoms with Gasteiger partial charge in [-0.15, -0.1) is 11.3 Å². The molecule has 1 aromatic carbocycles. The van der Waals surface area contributed by atoms with Gasteiger partial charge in [-0.25, -0.2) is 4.98 Å². The second-order valence-electron chi connectivity index (χ2n) is 5.14. The van der Waals surface area contributed by atoms with Crippen molar-refractivity contribution in [2.75, 3.05) is 6.61 Å². The van der Waals surface area contributed by atoms with E-state index in [1.54, 1.807) is 11.3 Å². The Morgan fingerprint density at radius 1 is 1.26 bits per heavy atom. The lowest BCUT2D eigenvalue weighted by Gasteiger charge is -2.12. The fraction of sp³-hybridized carbons (Fsp3) is 0.438. The van der Waals surface area contributed by atoms with Gasteiger partial charge in [-0.05, 0) is 37.0 Å². The highest BCUT2D eigenvalue weighted by molar-refractivity contribution is 7.09. The molecular weight excluding hydrogens is 254 g/mol. The molecule has 0 saturated carbocycles. The summed E-state index contributed by atoms with van der Waals surface area (Å²) in [7, 11) is 0. The van der Waals surface area contributed by atoms with E-state index < -0.39 is 0 Å². The SMILES string of the molecule is Cc1ccc(C(C)C)cc1OCCc1scnc1C. The van der Waals surface area contributed by atoms with Gasteiger partial charge in [-0.3, -0.25) is 0 Å². The van der Waals surface area contributed by atoms with E-state index in [2.05, 4.69) is 50.9 Å². The van der Waals surface area contributed by atoms with E-state index in [-0.39, 0.29) is 0 Å². The van der Waals surface area contributed by atoms with Crippen molar-refractivity contribution in [3.63, 3.8) is 0 Å². The zero-order valence-electron chi connectivity index (χ0n) is 12.1. The zero-order chi connectivity index (χ0) is 13.8. The summed E-state index contributed by atoms with van der Waals surface area (Å²) in [5.74, 6) is 1.54. The Kier molecular flexibility index (Phi) is 4.59. The quantitative estimate of drug-likeness (QED) is 0.801. The number of benzene rings is 1. The van der Waals surface area contributed by atoms with E-state index >= 15 is 0 Å². The number of aryl methyl sites for hydroxylation is 2. The van der Waals surface area contributed by atoms with Gasteiger partial charge in [0.2, 0.25) is 0 Å². The number of aromatic nitrogens is 1. The lowest BCUT2D eigenvalue weighted by molar-refractivity contribution is 0.320. The molecule has 1 heterocycles. The smallest absolute Gasteiger partial charge is 0.122 e. The minimum atomic E-state index is 0.534. The van der Waals surface area contributed by atoms with Gasteiger partial charge >= 0.3 is 0 Å². The maximum atomic E-state index is 5.93. The van der Waals surface area contributed by atoms with Gasteiger partial charge in [-0.1, -0.05) is 26.0 Å². The molecule has 2 nitrogen and oxygen atoms in total. The van der Waals surface area contributed by atoms with Crippen LogP contribution in [-0.2, 0) is 6.42 Å². The molecule has 0 atom stereocenters. The summed E-state index contributed by atoms with van der Waals surface area (Å²) in [4.78, 5) is 5.58. The predicted molar refractivity (Wildman–Crippen MR) is 81.3 cm³/mol. The molecule has 2 aromatic rings. The second-order valence-corrected chi connectivity index (χ2v) is 6.08. The van der Waals surface area contributed by atoms with E-state index in [4.69, 9.17) is 4.74 Å². The highest BCUT2D eigenvalue weighted by atomic mass is 32.1. The average Bonchev–Trinajstić information content (AvgIpc) is 2.77. The number of thiazole rings is 1. The Labute approximate surface area is 119 Å². The standard InChI is InChI=1S/C16H21NOS/c1-11(2)14-6-5-12(3)15(9-14)18-8-7-16-13(4)17-10-19-16/h5-6,9-11H,7-8H2,1-4H3. The van der Waals surface area contributed by atoms with Crippen molar-refractivity contribution in [1.29, 1.82) is 0 Å². The van der Waals surface area contributed by atoms with Gasteiger partial charge in [0.15, 0.2) is 0 Å². The number of nitrogens with zero attached hydrogens (tertiary/aromatic N) is 1. The Bertz CT molecular complexity index is 545. The molecule has 19 heavy (non-hydrogen) atoms. The molecule has 0 unspecified atom stereocenters. The van der Waals surface area contributed by atoms with Crippen LogP contribution in [0.2, 0.25) is 0 Å². The summed E-state index contributed by atoms with van der Waals surface area (Å²) in [6.07, 6.45) is 0.932. The van der Waals surface area contributed by atoms with Gasteiger partial charge in [0.25, 0.3) is 0 Å². The van der Waals surface area contributed by atoms with Crippen molar-refractivity contribution in [2.24, 2.45) is 0 Å². The summed E-state index contributed by atoms with van der Waals surface area (Å²) < 4.78 is 5.93. The van der Waals surface area contributed by atoms with Gasteiger partial charge < -0.3 is 4.74 Å². The Morgan fingerprint density at radius 2 is 2.05 bits per heavy atom. The second kappa shape index (κ2) is 6.20. The monoisotopic (exact) mass is 275 g/mol. The van der Waals surface area contributed by atoms with Crippen molar-refractivity contribution in [3.8, 4) is 5.75 Å². The maximum Gasteiger partial charge on any atom is 0.122 e. The van der Waals surface area contributed by atoms with Crippen molar-refractivity contribution >= 4 is 11.3 Å². The molecule has 1 aromatic heterocycles. The Hall–Kier alpha value is -1.35. The molecule has 2 rings (SSSR count). The first-order chi connectivity index (χ1) is 9.08. The van der Waals surface area contributed by atoms with Crippen molar-refractivity contribution in [2.45, 2.75) is 40.0 Å². The van der Waals surface area contributed by atoms with E-state index in [0.29, 0.717) is 12.5 Å². The first-order valence-electron chi connectivity index (χ1n) is 6.70. The average molecular weight is 275 g/mol. The lowest BCUT2D eigenvalue weighted by Crippen LogP contribution is -2.03. The Morgan fingerprint density at radius 3 is 2.68 bits per heavy atom. The van der Waals surface area contributed by atoms with Crippen LogP contribution in [0.5, 0.6) is 5.75 Å². The normalized spacial score (nSPS) is 11.0. The summed E-state index contributed by atoms with van der Waals surface area (Å²) in [5.41, 5.74) is 5.55. The van der Waals surface area contributed by atoms with E-state index in [0.717, 1.165) is 17.9 Å². The van der Waals surface area contributed by atoms with Gasteiger partial charge in [0.05, 0.1) is 17.8 Å². The fourth-order valence-corrected chi connectivity index (χ4v) is 2.71. The van der Waals surface area contributed by atoms with Crippen molar-refractivity contribution in [1.82, 2.24) is 4.98 Å². The molecule has 0 N–H and O–H groups in total. The fourth-order valence-electron chi connectivity index (χ4n) is 1.95. The van der Waals surface area contributed by atoms with Gasteiger partial charge in [0.1, 0.15) is 5.75 Å². The van der Waals surface area contributed by atoms with Crippen LogP contribution in [0, 0.1) is 13.8 Å². The van der Waals surface area contributed by atoms with Crippen LogP contribution in [0.4, 0.5) is 0 Å².